The summed E-state index contributed by atoms with van der Waals surface area (Å²) in [6.07, 6.45) is 2.95. The van der Waals surface area contributed by atoms with E-state index in [1.54, 1.807) is 6.08 Å². The number of hydrogen-bond acceptors (Lipinski definition) is 4. The van der Waals surface area contributed by atoms with E-state index >= 15 is 0 Å². The van der Waals surface area contributed by atoms with Crippen molar-refractivity contribution in [2.75, 3.05) is 6.61 Å². The normalized spacial score (nSPS) is 12.8. The maximum absolute atomic E-state index is 11.7. The lowest BCUT2D eigenvalue weighted by atomic mass is 9.85. The van der Waals surface area contributed by atoms with Crippen LogP contribution in [0.5, 0.6) is 0 Å². The molecule has 0 aliphatic carbocycles. The number of benzene rings is 2. The van der Waals surface area contributed by atoms with Crippen molar-refractivity contribution in [1.82, 2.24) is 14.8 Å². The van der Waals surface area contributed by atoms with Crippen LogP contribution in [0.2, 0.25) is 0 Å². The average molecular weight is 321 g/mol. The summed E-state index contributed by atoms with van der Waals surface area (Å²) in [7, 11) is 0. The van der Waals surface area contributed by atoms with E-state index < -0.39 is 11.6 Å². The van der Waals surface area contributed by atoms with Gasteiger partial charge in [-0.05, 0) is 11.1 Å². The molecule has 24 heavy (non-hydrogen) atoms. The van der Waals surface area contributed by atoms with Gasteiger partial charge in [0.2, 0.25) is 0 Å². The molecular formula is C19H19N3O2. The smallest absolute Gasteiger partial charge is 0.174 e. The maximum Gasteiger partial charge on any atom is 0.174 e. The molecular weight excluding hydrogens is 302 g/mol. The van der Waals surface area contributed by atoms with Gasteiger partial charge in [0.15, 0.2) is 11.4 Å². The van der Waals surface area contributed by atoms with E-state index in [2.05, 4.69) is 16.7 Å². The van der Waals surface area contributed by atoms with Crippen LogP contribution in [-0.4, -0.2) is 31.6 Å². The first-order valence-corrected chi connectivity index (χ1v) is 7.68. The van der Waals surface area contributed by atoms with Gasteiger partial charge in [0.05, 0.1) is 12.6 Å². The van der Waals surface area contributed by atoms with Crippen molar-refractivity contribution in [2.24, 2.45) is 0 Å². The molecule has 0 saturated heterocycles. The molecule has 3 aromatic rings. The Balaban J connectivity index is 2.25. The standard InChI is InChI=1S/C19H19N3O2/c1-2-17(13-23)22-18(20-14-21-22)19(24,15-9-5-3-6-10-15)16-11-7-4-8-12-16/h2-12,14,17,23-24H,1,13H2. The molecule has 5 nitrogen and oxygen atoms in total. The number of hydrogen-bond donors (Lipinski definition) is 2. The maximum atomic E-state index is 11.7. The van der Waals surface area contributed by atoms with Crippen LogP contribution < -0.4 is 0 Å². The Morgan fingerprint density at radius 1 is 1.04 bits per heavy atom. The Labute approximate surface area is 140 Å². The molecule has 1 unspecified atom stereocenters. The van der Waals surface area contributed by atoms with E-state index in [0.29, 0.717) is 17.0 Å². The monoisotopic (exact) mass is 321 g/mol. The summed E-state index contributed by atoms with van der Waals surface area (Å²) in [6.45, 7) is 3.55. The van der Waals surface area contributed by atoms with E-state index in [-0.39, 0.29) is 6.61 Å². The number of aromatic nitrogens is 3. The highest BCUT2D eigenvalue weighted by atomic mass is 16.3. The molecule has 0 saturated carbocycles. The van der Waals surface area contributed by atoms with Gasteiger partial charge in [0.25, 0.3) is 0 Å². The molecule has 2 N–H and O–H groups in total. The van der Waals surface area contributed by atoms with E-state index in [9.17, 15) is 10.2 Å². The van der Waals surface area contributed by atoms with Crippen molar-refractivity contribution in [3.63, 3.8) is 0 Å². The van der Waals surface area contributed by atoms with Gasteiger partial charge in [0.1, 0.15) is 6.33 Å². The predicted octanol–water partition coefficient (Wildman–Crippen LogP) is 2.28. The second-order valence-corrected chi connectivity index (χ2v) is 5.46. The zero-order valence-corrected chi connectivity index (χ0v) is 13.2. The first-order chi connectivity index (χ1) is 11.7. The molecule has 2 aromatic carbocycles. The molecule has 0 radical (unpaired) electrons. The molecule has 0 bridgehead atoms. The number of rotatable bonds is 6. The zero-order chi connectivity index (χ0) is 17.0. The molecule has 1 heterocycles. The second kappa shape index (κ2) is 6.78. The van der Waals surface area contributed by atoms with E-state index in [1.807, 2.05) is 60.7 Å². The molecule has 1 atom stereocenters. The summed E-state index contributed by atoms with van der Waals surface area (Å²) in [5, 5.41) is 25.5. The van der Waals surface area contributed by atoms with Crippen LogP contribution in [0, 0.1) is 0 Å². The van der Waals surface area contributed by atoms with Crippen molar-refractivity contribution in [3.8, 4) is 0 Å². The lowest BCUT2D eigenvalue weighted by Gasteiger charge is -2.30. The molecule has 3 rings (SSSR count). The highest BCUT2D eigenvalue weighted by Crippen LogP contribution is 2.36. The minimum Gasteiger partial charge on any atom is -0.394 e. The number of nitrogens with zero attached hydrogens (tertiary/aromatic N) is 3. The van der Waals surface area contributed by atoms with Gasteiger partial charge in [-0.2, -0.15) is 5.10 Å². The van der Waals surface area contributed by atoms with Crippen LogP contribution in [0.25, 0.3) is 0 Å². The Bertz CT molecular complexity index is 760. The summed E-state index contributed by atoms with van der Waals surface area (Å²) < 4.78 is 1.51. The van der Waals surface area contributed by atoms with Gasteiger partial charge >= 0.3 is 0 Å². The van der Waals surface area contributed by atoms with Crippen molar-refractivity contribution in [2.45, 2.75) is 11.6 Å². The van der Waals surface area contributed by atoms with Gasteiger partial charge in [0, 0.05) is 0 Å². The van der Waals surface area contributed by atoms with Gasteiger partial charge in [-0.3, -0.25) is 0 Å². The van der Waals surface area contributed by atoms with E-state index in [0.717, 1.165) is 0 Å². The van der Waals surface area contributed by atoms with E-state index in [1.165, 1.54) is 11.0 Å². The fourth-order valence-electron chi connectivity index (χ4n) is 2.79. The molecule has 5 heteroatoms. The average Bonchev–Trinajstić information content (AvgIpc) is 3.14. The summed E-state index contributed by atoms with van der Waals surface area (Å²) in [6, 6.07) is 18.1. The SMILES string of the molecule is C=CC(CO)n1ncnc1C(O)(c1ccccc1)c1ccccc1. The van der Waals surface area contributed by atoms with Crippen LogP contribution in [0.3, 0.4) is 0 Å². The Morgan fingerprint density at radius 2 is 1.58 bits per heavy atom. The second-order valence-electron chi connectivity index (χ2n) is 5.46. The molecule has 0 aliphatic rings. The van der Waals surface area contributed by atoms with Crippen molar-refractivity contribution < 1.29 is 10.2 Å². The third kappa shape index (κ3) is 2.64. The quantitative estimate of drug-likeness (QED) is 0.683. The van der Waals surface area contributed by atoms with Gasteiger partial charge in [-0.25, -0.2) is 9.67 Å². The Morgan fingerprint density at radius 3 is 2.04 bits per heavy atom. The van der Waals surface area contributed by atoms with Gasteiger partial charge in [-0.15, -0.1) is 6.58 Å². The van der Waals surface area contributed by atoms with Gasteiger partial charge < -0.3 is 10.2 Å². The molecule has 0 aliphatic heterocycles. The minimum absolute atomic E-state index is 0.181. The third-order valence-electron chi connectivity index (χ3n) is 4.05. The van der Waals surface area contributed by atoms with Crippen LogP contribution in [0.1, 0.15) is 23.0 Å². The highest BCUT2D eigenvalue weighted by Gasteiger charge is 2.39. The molecule has 1 aromatic heterocycles. The Hall–Kier alpha value is -2.76. The van der Waals surface area contributed by atoms with Crippen LogP contribution >= 0.6 is 0 Å². The zero-order valence-electron chi connectivity index (χ0n) is 13.2. The molecule has 0 amide bonds. The third-order valence-corrected chi connectivity index (χ3v) is 4.05. The lowest BCUT2D eigenvalue weighted by molar-refractivity contribution is 0.105. The Kier molecular flexibility index (Phi) is 4.55. The predicted molar refractivity (Wildman–Crippen MR) is 91.3 cm³/mol. The first kappa shape index (κ1) is 16.1. The summed E-state index contributed by atoms with van der Waals surface area (Å²) in [5.74, 6) is 0.332. The summed E-state index contributed by atoms with van der Waals surface area (Å²) in [4.78, 5) is 4.30. The lowest BCUT2D eigenvalue weighted by Crippen LogP contribution is -2.34. The molecule has 0 spiro atoms. The summed E-state index contributed by atoms with van der Waals surface area (Å²) >= 11 is 0. The fraction of sp³-hybridized carbons (Fsp3) is 0.158. The first-order valence-electron chi connectivity index (χ1n) is 7.68. The van der Waals surface area contributed by atoms with Crippen LogP contribution in [-0.2, 0) is 5.60 Å². The fourth-order valence-corrected chi connectivity index (χ4v) is 2.79. The van der Waals surface area contributed by atoms with Crippen molar-refractivity contribution >= 4 is 0 Å². The molecule has 0 fully saturated rings. The summed E-state index contributed by atoms with van der Waals surface area (Å²) in [5.41, 5.74) is -0.146. The highest BCUT2D eigenvalue weighted by molar-refractivity contribution is 5.42. The largest absolute Gasteiger partial charge is 0.394 e. The van der Waals surface area contributed by atoms with Crippen molar-refractivity contribution in [1.29, 1.82) is 0 Å². The topological polar surface area (TPSA) is 71.2 Å². The number of aliphatic hydroxyl groups is 2. The van der Waals surface area contributed by atoms with E-state index in [4.69, 9.17) is 0 Å². The molecule has 122 valence electrons. The minimum atomic E-state index is -1.49. The van der Waals surface area contributed by atoms with Crippen LogP contribution in [0.4, 0.5) is 0 Å². The van der Waals surface area contributed by atoms with Crippen LogP contribution in [0.15, 0.2) is 79.6 Å². The van der Waals surface area contributed by atoms with Gasteiger partial charge in [-0.1, -0.05) is 66.7 Å². The van der Waals surface area contributed by atoms with Crippen molar-refractivity contribution in [3.05, 3.63) is 96.6 Å². The number of aliphatic hydroxyl groups excluding tert-OH is 1.